The van der Waals surface area contributed by atoms with Crippen molar-refractivity contribution in [2.45, 2.75) is 6.92 Å². The number of ether oxygens (including phenoxy) is 2. The Bertz CT molecular complexity index is 1470. The van der Waals surface area contributed by atoms with Crippen LogP contribution in [-0.2, 0) is 4.79 Å². The number of amides is 3. The molecule has 1 saturated heterocycles. The lowest BCUT2D eigenvalue weighted by atomic mass is 10.2. The monoisotopic (exact) mass is 596 g/mol. The van der Waals surface area contributed by atoms with Crippen molar-refractivity contribution in [3.8, 4) is 11.5 Å². The van der Waals surface area contributed by atoms with Gasteiger partial charge in [0.2, 0.25) is 5.91 Å². The summed E-state index contributed by atoms with van der Waals surface area (Å²) in [5.74, 6) is -2.79. The summed E-state index contributed by atoms with van der Waals surface area (Å²) in [5.41, 5.74) is 1.26. The van der Waals surface area contributed by atoms with Crippen LogP contribution in [0.25, 0.3) is 0 Å². The van der Waals surface area contributed by atoms with Crippen LogP contribution in [0.15, 0.2) is 49.3 Å². The third-order valence-corrected chi connectivity index (χ3v) is 7.00. The molecule has 0 atom stereocenters. The molecule has 228 valence electrons. The van der Waals surface area contributed by atoms with Gasteiger partial charge in [-0.15, -0.1) is 0 Å². The van der Waals surface area contributed by atoms with Gasteiger partial charge >= 0.3 is 6.03 Å². The van der Waals surface area contributed by atoms with Crippen LogP contribution >= 0.6 is 0 Å². The maximum Gasteiger partial charge on any atom is 0.327 e. The van der Waals surface area contributed by atoms with Gasteiger partial charge in [-0.25, -0.2) is 23.5 Å². The van der Waals surface area contributed by atoms with Gasteiger partial charge in [-0.05, 0) is 30.8 Å². The zero-order chi connectivity index (χ0) is 31.1. The van der Waals surface area contributed by atoms with Crippen LogP contribution in [0, 0.1) is 11.6 Å². The number of hydrogen-bond donors (Lipinski definition) is 3. The summed E-state index contributed by atoms with van der Waals surface area (Å²) in [6.45, 7) is 10.3. The van der Waals surface area contributed by atoms with Crippen LogP contribution in [0.2, 0.25) is 0 Å². The van der Waals surface area contributed by atoms with Crippen molar-refractivity contribution in [3.63, 3.8) is 0 Å². The lowest BCUT2D eigenvalue weighted by Gasteiger charge is -2.35. The van der Waals surface area contributed by atoms with Crippen molar-refractivity contribution in [3.05, 3.63) is 60.9 Å². The standard InChI is InChI=1S/C29H34F2N8O4/c1-6-25(40)35-20-14-18(39-12-10-38(7-2)11-13-39)8-9-19(20)34-23-16-24(33-17-32-23)37(3)29(41)36-28-26(30)21(42-4)15-22(43-5)27(28)31/h6,8-9,14-17H,1,7,10-13H2,2-5H3,(H,35,40)(H,36,41)(H,32,33,34). The van der Waals surface area contributed by atoms with E-state index in [0.29, 0.717) is 17.2 Å². The molecule has 1 aliphatic rings. The number of urea groups is 1. The first-order valence-corrected chi connectivity index (χ1v) is 13.5. The molecule has 0 saturated carbocycles. The summed E-state index contributed by atoms with van der Waals surface area (Å²) in [6, 6.07) is 7.26. The molecular formula is C29H34F2N8O4. The van der Waals surface area contributed by atoms with E-state index in [4.69, 9.17) is 9.47 Å². The smallest absolute Gasteiger partial charge is 0.327 e. The van der Waals surface area contributed by atoms with Crippen LogP contribution in [0.5, 0.6) is 11.5 Å². The van der Waals surface area contributed by atoms with Gasteiger partial charge in [-0.3, -0.25) is 9.69 Å². The molecule has 0 spiro atoms. The Morgan fingerprint density at radius 3 is 2.28 bits per heavy atom. The highest BCUT2D eigenvalue weighted by molar-refractivity contribution is 6.02. The molecule has 0 bridgehead atoms. The first kappa shape index (κ1) is 31.0. The second-order valence-corrected chi connectivity index (χ2v) is 9.50. The average Bonchev–Trinajstić information content (AvgIpc) is 3.03. The maximum absolute atomic E-state index is 14.8. The SMILES string of the molecule is C=CC(=O)Nc1cc(N2CCN(CC)CC2)ccc1Nc1cc(N(C)C(=O)Nc2c(F)c(OC)cc(OC)c2F)ncn1. The Labute approximate surface area is 248 Å². The van der Waals surface area contributed by atoms with Crippen LogP contribution < -0.4 is 35.2 Å². The van der Waals surface area contributed by atoms with E-state index < -0.39 is 23.4 Å². The normalized spacial score (nSPS) is 13.2. The molecule has 0 radical (unpaired) electrons. The number of likely N-dealkylation sites (N-methyl/N-ethyl adjacent to an activating group) is 1. The molecule has 1 fully saturated rings. The minimum absolute atomic E-state index is 0.118. The molecule has 3 amide bonds. The Kier molecular flexibility index (Phi) is 9.93. The van der Waals surface area contributed by atoms with E-state index in [2.05, 4.69) is 49.2 Å². The van der Waals surface area contributed by atoms with E-state index in [1.54, 1.807) is 0 Å². The number of anilines is 6. The molecule has 2 aromatic carbocycles. The van der Waals surface area contributed by atoms with E-state index in [1.807, 2.05) is 18.2 Å². The molecule has 43 heavy (non-hydrogen) atoms. The molecule has 2 heterocycles. The lowest BCUT2D eigenvalue weighted by molar-refractivity contribution is -0.111. The average molecular weight is 597 g/mol. The molecule has 3 N–H and O–H groups in total. The number of piperazine rings is 1. The lowest BCUT2D eigenvalue weighted by Crippen LogP contribution is -2.46. The van der Waals surface area contributed by atoms with Crippen LogP contribution in [0.3, 0.4) is 0 Å². The van der Waals surface area contributed by atoms with Crippen LogP contribution in [-0.4, -0.2) is 80.8 Å². The third kappa shape index (κ3) is 7.09. The predicted molar refractivity (Wildman–Crippen MR) is 162 cm³/mol. The Balaban J connectivity index is 1.55. The van der Waals surface area contributed by atoms with Gasteiger partial charge in [0.25, 0.3) is 0 Å². The van der Waals surface area contributed by atoms with E-state index in [1.165, 1.54) is 39.7 Å². The fraction of sp³-hybridized carbons (Fsp3) is 0.310. The fourth-order valence-corrected chi connectivity index (χ4v) is 4.47. The quantitative estimate of drug-likeness (QED) is 0.291. The summed E-state index contributed by atoms with van der Waals surface area (Å²) in [4.78, 5) is 39.2. The van der Waals surface area contributed by atoms with Crippen LogP contribution in [0.1, 0.15) is 6.92 Å². The predicted octanol–water partition coefficient (Wildman–Crippen LogP) is 4.45. The molecule has 0 unspecified atom stereocenters. The number of nitrogens with one attached hydrogen (secondary N) is 3. The molecule has 0 aliphatic carbocycles. The van der Waals surface area contributed by atoms with Gasteiger partial charge < -0.3 is 35.2 Å². The molecule has 14 heteroatoms. The first-order chi connectivity index (χ1) is 20.7. The number of carbonyl (C=O) groups excluding carboxylic acids is 2. The summed E-state index contributed by atoms with van der Waals surface area (Å²) < 4.78 is 39.4. The Morgan fingerprint density at radius 1 is 1.00 bits per heavy atom. The number of methoxy groups -OCH3 is 2. The first-order valence-electron chi connectivity index (χ1n) is 13.5. The zero-order valence-electron chi connectivity index (χ0n) is 24.4. The van der Waals surface area contributed by atoms with Gasteiger partial charge in [-0.2, -0.15) is 0 Å². The molecule has 4 rings (SSSR count). The van der Waals surface area contributed by atoms with E-state index >= 15 is 0 Å². The van der Waals surface area contributed by atoms with Crippen molar-refractivity contribution in [1.29, 1.82) is 0 Å². The third-order valence-electron chi connectivity index (χ3n) is 7.00. The van der Waals surface area contributed by atoms with Crippen molar-refractivity contribution in [1.82, 2.24) is 14.9 Å². The fourth-order valence-electron chi connectivity index (χ4n) is 4.47. The number of rotatable bonds is 10. The van der Waals surface area contributed by atoms with Crippen molar-refractivity contribution in [2.24, 2.45) is 0 Å². The topological polar surface area (TPSA) is 124 Å². The van der Waals surface area contributed by atoms with Crippen molar-refractivity contribution < 1.29 is 27.8 Å². The Hall–Kier alpha value is -4.98. The minimum Gasteiger partial charge on any atom is -0.493 e. The summed E-state index contributed by atoms with van der Waals surface area (Å²) in [5, 5.41) is 8.18. The molecule has 1 aliphatic heterocycles. The zero-order valence-corrected chi connectivity index (χ0v) is 24.4. The van der Waals surface area contributed by atoms with E-state index in [0.717, 1.165) is 49.4 Å². The van der Waals surface area contributed by atoms with Crippen LogP contribution in [0.4, 0.5) is 48.0 Å². The number of carbonyl (C=O) groups is 2. The van der Waals surface area contributed by atoms with Gasteiger partial charge in [0, 0.05) is 51.0 Å². The van der Waals surface area contributed by atoms with E-state index in [9.17, 15) is 18.4 Å². The highest BCUT2D eigenvalue weighted by Crippen LogP contribution is 2.35. The second-order valence-electron chi connectivity index (χ2n) is 9.50. The van der Waals surface area contributed by atoms with Crippen molar-refractivity contribution >= 4 is 46.3 Å². The minimum atomic E-state index is -1.10. The number of aromatic nitrogens is 2. The number of hydrogen-bond acceptors (Lipinski definition) is 9. The Morgan fingerprint density at radius 2 is 1.67 bits per heavy atom. The van der Waals surface area contributed by atoms with Gasteiger partial charge in [-0.1, -0.05) is 13.5 Å². The highest BCUT2D eigenvalue weighted by atomic mass is 19.1. The second kappa shape index (κ2) is 13.8. The van der Waals surface area contributed by atoms with Gasteiger partial charge in [0.15, 0.2) is 23.1 Å². The van der Waals surface area contributed by atoms with Gasteiger partial charge in [0.05, 0.1) is 25.6 Å². The van der Waals surface area contributed by atoms with E-state index in [-0.39, 0.29) is 23.2 Å². The van der Waals surface area contributed by atoms with Gasteiger partial charge in [0.1, 0.15) is 23.7 Å². The summed E-state index contributed by atoms with van der Waals surface area (Å²) >= 11 is 0. The molecular weight excluding hydrogens is 562 g/mol. The molecule has 1 aromatic heterocycles. The molecule has 12 nitrogen and oxygen atoms in total. The number of benzene rings is 2. The van der Waals surface area contributed by atoms with Crippen molar-refractivity contribution in [2.75, 3.05) is 79.7 Å². The summed E-state index contributed by atoms with van der Waals surface area (Å²) in [7, 11) is 3.79. The number of nitrogens with zero attached hydrogens (tertiary/aromatic N) is 5. The largest absolute Gasteiger partial charge is 0.493 e. The molecule has 3 aromatic rings. The highest BCUT2D eigenvalue weighted by Gasteiger charge is 2.24. The number of halogens is 2. The maximum atomic E-state index is 14.8. The summed E-state index contributed by atoms with van der Waals surface area (Å²) in [6.07, 6.45) is 2.40.